The number of benzene rings is 2. The van der Waals surface area contributed by atoms with Gasteiger partial charge in [0.15, 0.2) is 0 Å². The second-order valence-corrected chi connectivity index (χ2v) is 9.67. The Labute approximate surface area is 181 Å². The molecule has 0 bridgehead atoms. The quantitative estimate of drug-likeness (QED) is 0.630. The molecule has 2 aliphatic heterocycles. The van der Waals surface area contributed by atoms with Crippen molar-refractivity contribution in [1.29, 1.82) is 0 Å². The Morgan fingerprint density at radius 1 is 0.903 bits per heavy atom. The van der Waals surface area contributed by atoms with E-state index in [1.54, 1.807) is 0 Å². The number of carbonyl (C=O) groups is 2. The summed E-state index contributed by atoms with van der Waals surface area (Å²) >= 11 is 0. The van der Waals surface area contributed by atoms with Crippen molar-refractivity contribution in [1.82, 2.24) is 14.1 Å². The number of rotatable bonds is 6. The number of amides is 2. The lowest BCUT2D eigenvalue weighted by Gasteiger charge is -2.36. The third-order valence-corrected chi connectivity index (χ3v) is 7.77. The number of hydrogen-bond donors (Lipinski definition) is 0. The van der Waals surface area contributed by atoms with E-state index in [1.807, 2.05) is 35.2 Å². The van der Waals surface area contributed by atoms with Crippen molar-refractivity contribution in [3.8, 4) is 0 Å². The van der Waals surface area contributed by atoms with Gasteiger partial charge in [-0.3, -0.25) is 19.4 Å². The summed E-state index contributed by atoms with van der Waals surface area (Å²) in [7, 11) is -3.72. The standard InChI is InChI=1S/C22H24FN3O4S/c23-18-6-8-19(9-7-18)31(29,30)25-14-12-24(13-15-25)20-16-21(27)26(22(20)28)11-10-17-4-2-1-3-5-17/h1-9,20H,10-16H2/t20-/m1/s1. The zero-order chi connectivity index (χ0) is 22.0. The van der Waals surface area contributed by atoms with Gasteiger partial charge in [0.05, 0.1) is 17.4 Å². The van der Waals surface area contributed by atoms with Crippen LogP contribution >= 0.6 is 0 Å². The van der Waals surface area contributed by atoms with Crippen LogP contribution in [-0.2, 0) is 26.0 Å². The zero-order valence-electron chi connectivity index (χ0n) is 17.0. The highest BCUT2D eigenvalue weighted by Gasteiger charge is 2.43. The SMILES string of the molecule is O=C1C[C@@H](N2CCN(S(=O)(=O)c3ccc(F)cc3)CC2)C(=O)N1CCc1ccccc1. The van der Waals surface area contributed by atoms with E-state index in [4.69, 9.17) is 0 Å². The van der Waals surface area contributed by atoms with Crippen LogP contribution in [0.15, 0.2) is 59.5 Å². The number of likely N-dealkylation sites (tertiary alicyclic amines) is 1. The highest BCUT2D eigenvalue weighted by Crippen LogP contribution is 2.23. The van der Waals surface area contributed by atoms with Crippen LogP contribution in [0.3, 0.4) is 0 Å². The van der Waals surface area contributed by atoms with Crippen LogP contribution in [0.25, 0.3) is 0 Å². The van der Waals surface area contributed by atoms with Gasteiger partial charge in [0.25, 0.3) is 0 Å². The lowest BCUT2D eigenvalue weighted by molar-refractivity contribution is -0.139. The van der Waals surface area contributed by atoms with E-state index in [0.717, 1.165) is 17.7 Å². The summed E-state index contributed by atoms with van der Waals surface area (Å²) in [5, 5.41) is 0. The predicted octanol–water partition coefficient (Wildman–Crippen LogP) is 1.50. The first-order chi connectivity index (χ1) is 14.9. The molecule has 0 spiro atoms. The Balaban J connectivity index is 1.36. The monoisotopic (exact) mass is 445 g/mol. The summed E-state index contributed by atoms with van der Waals surface area (Å²) in [5.41, 5.74) is 1.06. The molecular formula is C22H24FN3O4S. The summed E-state index contributed by atoms with van der Waals surface area (Å²) in [4.78, 5) is 28.6. The molecule has 164 valence electrons. The van der Waals surface area contributed by atoms with Gasteiger partial charge in [0.2, 0.25) is 21.8 Å². The Hall–Kier alpha value is -2.62. The highest BCUT2D eigenvalue weighted by molar-refractivity contribution is 7.89. The van der Waals surface area contributed by atoms with Crippen LogP contribution in [0.5, 0.6) is 0 Å². The molecule has 31 heavy (non-hydrogen) atoms. The third kappa shape index (κ3) is 4.53. The van der Waals surface area contributed by atoms with Gasteiger partial charge in [0.1, 0.15) is 5.82 Å². The minimum atomic E-state index is -3.72. The average Bonchev–Trinajstić information content (AvgIpc) is 3.07. The molecule has 2 fully saturated rings. The van der Waals surface area contributed by atoms with Crippen molar-refractivity contribution in [2.24, 2.45) is 0 Å². The fraction of sp³-hybridized carbons (Fsp3) is 0.364. The first kappa shape index (κ1) is 21.6. The minimum absolute atomic E-state index is 0.0431. The largest absolute Gasteiger partial charge is 0.289 e. The van der Waals surface area contributed by atoms with Crippen molar-refractivity contribution < 1.29 is 22.4 Å². The van der Waals surface area contributed by atoms with E-state index in [-0.39, 0.29) is 36.2 Å². The first-order valence-electron chi connectivity index (χ1n) is 10.2. The van der Waals surface area contributed by atoms with E-state index in [9.17, 15) is 22.4 Å². The van der Waals surface area contributed by atoms with Crippen molar-refractivity contribution in [3.05, 3.63) is 66.0 Å². The van der Waals surface area contributed by atoms with E-state index in [2.05, 4.69) is 0 Å². The second-order valence-electron chi connectivity index (χ2n) is 7.73. The van der Waals surface area contributed by atoms with Crippen LogP contribution in [0.2, 0.25) is 0 Å². The van der Waals surface area contributed by atoms with Crippen LogP contribution < -0.4 is 0 Å². The van der Waals surface area contributed by atoms with Crippen molar-refractivity contribution in [3.63, 3.8) is 0 Å². The first-order valence-corrected chi connectivity index (χ1v) is 11.7. The molecule has 2 aromatic rings. The van der Waals surface area contributed by atoms with E-state index in [1.165, 1.54) is 21.3 Å². The number of nitrogens with zero attached hydrogens (tertiary/aromatic N) is 3. The summed E-state index contributed by atoms with van der Waals surface area (Å²) in [6.45, 7) is 1.48. The van der Waals surface area contributed by atoms with Crippen molar-refractivity contribution in [2.75, 3.05) is 32.7 Å². The fourth-order valence-corrected chi connectivity index (χ4v) is 5.50. The Kier molecular flexibility index (Phi) is 6.17. The third-order valence-electron chi connectivity index (χ3n) is 5.85. The molecule has 4 rings (SSSR count). The van der Waals surface area contributed by atoms with Gasteiger partial charge in [0, 0.05) is 32.7 Å². The van der Waals surface area contributed by atoms with Gasteiger partial charge in [-0.2, -0.15) is 4.31 Å². The lowest BCUT2D eigenvalue weighted by Crippen LogP contribution is -2.53. The van der Waals surface area contributed by atoms with E-state index < -0.39 is 21.9 Å². The van der Waals surface area contributed by atoms with Gasteiger partial charge < -0.3 is 0 Å². The number of piperazine rings is 1. The summed E-state index contributed by atoms with van der Waals surface area (Å²) in [6, 6.07) is 13.9. The molecule has 9 heteroatoms. The zero-order valence-corrected chi connectivity index (χ0v) is 17.8. The number of halogens is 1. The Morgan fingerprint density at radius 2 is 1.55 bits per heavy atom. The van der Waals surface area contributed by atoms with E-state index in [0.29, 0.717) is 26.1 Å². The number of sulfonamides is 1. The van der Waals surface area contributed by atoms with Crippen molar-refractivity contribution >= 4 is 21.8 Å². The highest BCUT2D eigenvalue weighted by atomic mass is 32.2. The number of hydrogen-bond acceptors (Lipinski definition) is 5. The second kappa shape index (κ2) is 8.86. The molecule has 0 radical (unpaired) electrons. The number of carbonyl (C=O) groups excluding carboxylic acids is 2. The van der Waals surface area contributed by atoms with Crippen LogP contribution in [0.1, 0.15) is 12.0 Å². The number of imide groups is 1. The molecule has 0 saturated carbocycles. The normalized spacial score (nSPS) is 21.1. The Morgan fingerprint density at radius 3 is 2.19 bits per heavy atom. The average molecular weight is 446 g/mol. The predicted molar refractivity (Wildman–Crippen MR) is 112 cm³/mol. The molecule has 2 saturated heterocycles. The molecule has 2 heterocycles. The van der Waals surface area contributed by atoms with Crippen LogP contribution in [0, 0.1) is 5.82 Å². The molecule has 0 aromatic heterocycles. The van der Waals surface area contributed by atoms with Gasteiger partial charge in [-0.25, -0.2) is 12.8 Å². The molecule has 2 aliphatic rings. The molecule has 7 nitrogen and oxygen atoms in total. The molecule has 0 aliphatic carbocycles. The maximum Gasteiger partial charge on any atom is 0.247 e. The van der Waals surface area contributed by atoms with Gasteiger partial charge in [-0.15, -0.1) is 0 Å². The molecule has 0 N–H and O–H groups in total. The topological polar surface area (TPSA) is 78.0 Å². The van der Waals surface area contributed by atoms with Gasteiger partial charge >= 0.3 is 0 Å². The fourth-order valence-electron chi connectivity index (χ4n) is 4.08. The maximum absolute atomic E-state index is 13.1. The molecular weight excluding hydrogens is 421 g/mol. The molecule has 0 unspecified atom stereocenters. The Bertz CT molecular complexity index is 1050. The smallest absolute Gasteiger partial charge is 0.247 e. The summed E-state index contributed by atoms with van der Waals surface area (Å²) < 4.78 is 40.0. The van der Waals surface area contributed by atoms with E-state index >= 15 is 0 Å². The van der Waals surface area contributed by atoms with Crippen LogP contribution in [0.4, 0.5) is 4.39 Å². The van der Waals surface area contributed by atoms with Crippen molar-refractivity contribution in [2.45, 2.75) is 23.8 Å². The molecule has 2 amide bonds. The minimum Gasteiger partial charge on any atom is -0.289 e. The summed E-state index contributed by atoms with van der Waals surface area (Å²) in [5.74, 6) is -0.895. The lowest BCUT2D eigenvalue weighted by atomic mass is 10.1. The summed E-state index contributed by atoms with van der Waals surface area (Å²) in [6.07, 6.45) is 0.729. The van der Waals surface area contributed by atoms with Gasteiger partial charge in [-0.05, 0) is 36.2 Å². The molecule has 1 atom stereocenters. The molecule has 2 aromatic carbocycles. The van der Waals surface area contributed by atoms with Crippen LogP contribution in [-0.4, -0.2) is 73.1 Å². The maximum atomic E-state index is 13.1. The van der Waals surface area contributed by atoms with Gasteiger partial charge in [-0.1, -0.05) is 30.3 Å².